The fourth-order valence-electron chi connectivity index (χ4n) is 2.39. The van der Waals surface area contributed by atoms with Gasteiger partial charge in [-0.1, -0.05) is 17.7 Å². The van der Waals surface area contributed by atoms with Crippen LogP contribution in [0.5, 0.6) is 0 Å². The second-order valence-electron chi connectivity index (χ2n) is 5.08. The molecule has 0 saturated carbocycles. The summed E-state index contributed by atoms with van der Waals surface area (Å²) < 4.78 is 14.3. The molecule has 0 saturated heterocycles. The Balaban J connectivity index is 2.15. The second-order valence-corrected chi connectivity index (χ2v) is 6.61. The van der Waals surface area contributed by atoms with Crippen molar-refractivity contribution in [3.05, 3.63) is 63.9 Å². The summed E-state index contributed by atoms with van der Waals surface area (Å²) in [5.74, 6) is 0.627. The van der Waals surface area contributed by atoms with E-state index in [1.807, 2.05) is 51.2 Å². The number of nitrogens with one attached hydrogen (secondary N) is 1. The van der Waals surface area contributed by atoms with Gasteiger partial charge in [-0.15, -0.1) is 11.8 Å². The topological polar surface area (TPSA) is 12.0 Å². The van der Waals surface area contributed by atoms with Crippen molar-refractivity contribution in [1.82, 2.24) is 5.32 Å². The molecule has 0 fully saturated rings. The van der Waals surface area contributed by atoms with E-state index in [1.54, 1.807) is 17.8 Å². The SMILES string of the molecule is CNC(CSc1ccc(Cl)cc1)c1c(C)cc(C)cc1F. The summed E-state index contributed by atoms with van der Waals surface area (Å²) in [7, 11) is 1.87. The average Bonchev–Trinajstić information content (AvgIpc) is 2.43. The Bertz CT molecular complexity index is 590. The van der Waals surface area contributed by atoms with E-state index in [2.05, 4.69) is 5.32 Å². The summed E-state index contributed by atoms with van der Waals surface area (Å²) in [5.41, 5.74) is 2.70. The lowest BCUT2D eigenvalue weighted by Gasteiger charge is -2.20. The van der Waals surface area contributed by atoms with E-state index in [-0.39, 0.29) is 11.9 Å². The number of aryl methyl sites for hydroxylation is 2. The van der Waals surface area contributed by atoms with Crippen LogP contribution in [0.2, 0.25) is 5.02 Å². The lowest BCUT2D eigenvalue weighted by molar-refractivity contribution is 0.561. The van der Waals surface area contributed by atoms with Gasteiger partial charge in [-0.05, 0) is 62.4 Å². The molecule has 1 nitrogen and oxygen atoms in total. The predicted molar refractivity (Wildman–Crippen MR) is 89.9 cm³/mol. The molecule has 4 heteroatoms. The zero-order valence-electron chi connectivity index (χ0n) is 12.4. The van der Waals surface area contributed by atoms with Gasteiger partial charge in [-0.3, -0.25) is 0 Å². The van der Waals surface area contributed by atoms with E-state index in [4.69, 9.17) is 11.6 Å². The third-order valence-electron chi connectivity index (χ3n) is 3.41. The molecule has 2 aromatic carbocycles. The lowest BCUT2D eigenvalue weighted by atomic mass is 9.99. The molecular formula is C17H19ClFNS. The lowest BCUT2D eigenvalue weighted by Crippen LogP contribution is -2.21. The van der Waals surface area contributed by atoms with Gasteiger partial charge >= 0.3 is 0 Å². The minimum Gasteiger partial charge on any atom is -0.312 e. The third kappa shape index (κ3) is 4.22. The van der Waals surface area contributed by atoms with Gasteiger partial charge in [-0.2, -0.15) is 0 Å². The van der Waals surface area contributed by atoms with Gasteiger partial charge in [0.25, 0.3) is 0 Å². The number of benzene rings is 2. The molecule has 2 rings (SSSR count). The number of hydrogen-bond acceptors (Lipinski definition) is 2. The molecule has 0 aliphatic heterocycles. The van der Waals surface area contributed by atoms with Crippen LogP contribution in [0.4, 0.5) is 4.39 Å². The smallest absolute Gasteiger partial charge is 0.128 e. The molecule has 0 aliphatic carbocycles. The van der Waals surface area contributed by atoms with Crippen molar-refractivity contribution in [3.63, 3.8) is 0 Å². The van der Waals surface area contributed by atoms with Crippen molar-refractivity contribution in [2.75, 3.05) is 12.8 Å². The molecule has 0 spiro atoms. The molecule has 112 valence electrons. The molecule has 0 bridgehead atoms. The van der Waals surface area contributed by atoms with Crippen LogP contribution in [0.1, 0.15) is 22.7 Å². The Morgan fingerprint density at radius 3 is 2.43 bits per heavy atom. The number of rotatable bonds is 5. The first kappa shape index (κ1) is 16.3. The van der Waals surface area contributed by atoms with Crippen LogP contribution in [-0.2, 0) is 0 Å². The number of hydrogen-bond donors (Lipinski definition) is 1. The highest BCUT2D eigenvalue weighted by Gasteiger charge is 2.17. The van der Waals surface area contributed by atoms with E-state index in [1.165, 1.54) is 0 Å². The molecule has 0 radical (unpaired) electrons. The fourth-order valence-corrected chi connectivity index (χ4v) is 3.54. The Morgan fingerprint density at radius 2 is 1.86 bits per heavy atom. The van der Waals surface area contributed by atoms with Crippen molar-refractivity contribution in [3.8, 4) is 0 Å². The summed E-state index contributed by atoms with van der Waals surface area (Å²) in [6, 6.07) is 11.3. The van der Waals surface area contributed by atoms with Crippen molar-refractivity contribution >= 4 is 23.4 Å². The maximum atomic E-state index is 14.3. The van der Waals surface area contributed by atoms with E-state index in [0.717, 1.165) is 32.4 Å². The maximum absolute atomic E-state index is 14.3. The van der Waals surface area contributed by atoms with Gasteiger partial charge in [0.1, 0.15) is 5.82 Å². The third-order valence-corrected chi connectivity index (χ3v) is 4.77. The van der Waals surface area contributed by atoms with Gasteiger partial charge in [0.2, 0.25) is 0 Å². The summed E-state index contributed by atoms with van der Waals surface area (Å²) in [6.45, 7) is 3.87. The highest BCUT2D eigenvalue weighted by atomic mass is 35.5. The van der Waals surface area contributed by atoms with Gasteiger partial charge in [0, 0.05) is 27.3 Å². The molecule has 1 atom stereocenters. The molecule has 21 heavy (non-hydrogen) atoms. The van der Waals surface area contributed by atoms with Crippen molar-refractivity contribution in [2.45, 2.75) is 24.8 Å². The molecule has 0 aromatic heterocycles. The zero-order chi connectivity index (χ0) is 15.4. The first-order chi connectivity index (χ1) is 10.0. The molecule has 0 heterocycles. The quantitative estimate of drug-likeness (QED) is 0.764. The maximum Gasteiger partial charge on any atom is 0.128 e. The monoisotopic (exact) mass is 323 g/mol. The first-order valence-electron chi connectivity index (χ1n) is 6.83. The van der Waals surface area contributed by atoms with Crippen molar-refractivity contribution < 1.29 is 4.39 Å². The van der Waals surface area contributed by atoms with Crippen LogP contribution < -0.4 is 5.32 Å². The minimum atomic E-state index is -0.136. The van der Waals surface area contributed by atoms with Crippen molar-refractivity contribution in [1.29, 1.82) is 0 Å². The van der Waals surface area contributed by atoms with Crippen LogP contribution in [0.15, 0.2) is 41.3 Å². The molecular weight excluding hydrogens is 305 g/mol. The van der Waals surface area contributed by atoms with Gasteiger partial charge < -0.3 is 5.32 Å². The Morgan fingerprint density at radius 1 is 1.19 bits per heavy atom. The van der Waals surface area contributed by atoms with Crippen LogP contribution in [0, 0.1) is 19.7 Å². The highest BCUT2D eigenvalue weighted by molar-refractivity contribution is 7.99. The van der Waals surface area contributed by atoms with E-state index in [9.17, 15) is 4.39 Å². The van der Waals surface area contributed by atoms with Crippen molar-refractivity contribution in [2.24, 2.45) is 0 Å². The van der Waals surface area contributed by atoms with E-state index >= 15 is 0 Å². The van der Waals surface area contributed by atoms with E-state index in [0.29, 0.717) is 0 Å². The normalized spacial score (nSPS) is 12.4. The number of halogens is 2. The van der Waals surface area contributed by atoms with Gasteiger partial charge in [0.05, 0.1) is 0 Å². The van der Waals surface area contributed by atoms with Crippen LogP contribution in [0.3, 0.4) is 0 Å². The Kier molecular flexibility index (Phi) is 5.68. The van der Waals surface area contributed by atoms with Crippen LogP contribution >= 0.6 is 23.4 Å². The summed E-state index contributed by atoms with van der Waals surface area (Å²) in [6.07, 6.45) is 0. The fraction of sp³-hybridized carbons (Fsp3) is 0.294. The average molecular weight is 324 g/mol. The predicted octanol–water partition coefficient (Wildman–Crippen LogP) is 5.15. The standard InChI is InChI=1S/C17H19ClFNS/c1-11-8-12(2)17(15(19)9-11)16(20-3)10-21-14-6-4-13(18)5-7-14/h4-9,16,20H,10H2,1-3H3. The van der Waals surface area contributed by atoms with Gasteiger partial charge in [0.15, 0.2) is 0 Å². The molecule has 1 unspecified atom stereocenters. The van der Waals surface area contributed by atoms with E-state index < -0.39 is 0 Å². The Labute approximate surface area is 134 Å². The van der Waals surface area contributed by atoms with Crippen LogP contribution in [0.25, 0.3) is 0 Å². The summed E-state index contributed by atoms with van der Waals surface area (Å²) in [4.78, 5) is 1.13. The highest BCUT2D eigenvalue weighted by Crippen LogP contribution is 2.29. The largest absolute Gasteiger partial charge is 0.312 e. The molecule has 0 aliphatic rings. The van der Waals surface area contributed by atoms with Gasteiger partial charge in [-0.25, -0.2) is 4.39 Å². The first-order valence-corrected chi connectivity index (χ1v) is 8.20. The molecule has 0 amide bonds. The zero-order valence-corrected chi connectivity index (χ0v) is 14.0. The summed E-state index contributed by atoms with van der Waals surface area (Å²) in [5, 5.41) is 3.94. The Hall–Kier alpha value is -1.03. The number of thioether (sulfide) groups is 1. The summed E-state index contributed by atoms with van der Waals surface area (Å²) >= 11 is 7.57. The van der Waals surface area contributed by atoms with Crippen LogP contribution in [-0.4, -0.2) is 12.8 Å². The molecule has 1 N–H and O–H groups in total. The molecule has 2 aromatic rings. The minimum absolute atomic E-state index is 0.0220. The second kappa shape index (κ2) is 7.30.